The van der Waals surface area contributed by atoms with Crippen molar-refractivity contribution >= 4 is 29.0 Å². The number of fused-ring (bicyclic) bond motifs is 1. The Balaban J connectivity index is 1.82. The van der Waals surface area contributed by atoms with Crippen LogP contribution in [0.2, 0.25) is 5.02 Å². The number of amides is 1. The van der Waals surface area contributed by atoms with Crippen LogP contribution in [0.3, 0.4) is 0 Å². The van der Waals surface area contributed by atoms with Crippen LogP contribution in [-0.4, -0.2) is 10.9 Å². The fourth-order valence-electron chi connectivity index (χ4n) is 3.07. The van der Waals surface area contributed by atoms with Crippen LogP contribution in [0.5, 0.6) is 0 Å². The molecule has 1 amide bonds. The normalized spacial score (nSPS) is 16.0. The van der Waals surface area contributed by atoms with Crippen LogP contribution in [0, 0.1) is 6.92 Å². The molecule has 0 radical (unpaired) electrons. The lowest BCUT2D eigenvalue weighted by Crippen LogP contribution is -2.33. The first-order valence-electron chi connectivity index (χ1n) is 8.01. The first-order valence-corrected chi connectivity index (χ1v) is 8.39. The van der Waals surface area contributed by atoms with Gasteiger partial charge in [0.15, 0.2) is 0 Å². The fourth-order valence-corrected chi connectivity index (χ4v) is 3.26. The van der Waals surface area contributed by atoms with E-state index in [9.17, 15) is 4.79 Å². The highest BCUT2D eigenvalue weighted by Crippen LogP contribution is 2.38. The van der Waals surface area contributed by atoms with Gasteiger partial charge >= 0.3 is 0 Å². The lowest BCUT2D eigenvalue weighted by molar-refractivity contribution is 0.0992. The molecule has 1 aliphatic heterocycles. The highest BCUT2D eigenvalue weighted by molar-refractivity contribution is 6.33. The van der Waals surface area contributed by atoms with Gasteiger partial charge in [0, 0.05) is 17.3 Å². The Bertz CT molecular complexity index is 957. The predicted molar refractivity (Wildman–Crippen MR) is 100 cm³/mol. The van der Waals surface area contributed by atoms with Crippen molar-refractivity contribution in [3.05, 3.63) is 88.6 Å². The molecule has 1 atom stereocenters. The topological polar surface area (TPSA) is 45.2 Å². The zero-order chi connectivity index (χ0) is 17.4. The molecule has 0 fully saturated rings. The Morgan fingerprint density at radius 1 is 1.08 bits per heavy atom. The number of hydrogen-bond donors (Lipinski definition) is 1. The minimum atomic E-state index is -0.363. The van der Waals surface area contributed by atoms with E-state index >= 15 is 0 Å². The first-order chi connectivity index (χ1) is 12.1. The molecular weight excluding hydrogens is 334 g/mol. The quantitative estimate of drug-likeness (QED) is 0.737. The lowest BCUT2D eigenvalue weighted by Gasteiger charge is -2.26. The Morgan fingerprint density at radius 2 is 1.84 bits per heavy atom. The first kappa shape index (κ1) is 15.7. The third-order valence-corrected chi connectivity index (χ3v) is 4.61. The van der Waals surface area contributed by atoms with Gasteiger partial charge in [-0.1, -0.05) is 41.9 Å². The second kappa shape index (κ2) is 6.22. The molecule has 1 N–H and O–H groups in total. The Morgan fingerprint density at radius 3 is 2.64 bits per heavy atom. The zero-order valence-electron chi connectivity index (χ0n) is 13.6. The summed E-state index contributed by atoms with van der Waals surface area (Å²) < 4.78 is 0. The van der Waals surface area contributed by atoms with Gasteiger partial charge in [0.05, 0.1) is 10.7 Å². The van der Waals surface area contributed by atoms with Crippen molar-refractivity contribution in [1.29, 1.82) is 0 Å². The van der Waals surface area contributed by atoms with Crippen LogP contribution in [0.4, 0.5) is 11.5 Å². The Labute approximate surface area is 151 Å². The SMILES string of the molecule is Cc1ccnc(N2C(=O)c3ccccc3[C@@H]2Nc2ccccc2Cl)c1. The minimum Gasteiger partial charge on any atom is -0.360 e. The van der Waals surface area contributed by atoms with Crippen molar-refractivity contribution in [1.82, 2.24) is 4.98 Å². The van der Waals surface area contributed by atoms with E-state index in [1.165, 1.54) is 0 Å². The summed E-state index contributed by atoms with van der Waals surface area (Å²) in [5, 5.41) is 4.00. The number of benzene rings is 2. The molecule has 3 aromatic rings. The van der Waals surface area contributed by atoms with E-state index < -0.39 is 0 Å². The van der Waals surface area contributed by atoms with E-state index in [1.807, 2.05) is 67.6 Å². The van der Waals surface area contributed by atoms with E-state index in [0.717, 1.165) is 16.8 Å². The number of halogens is 1. The van der Waals surface area contributed by atoms with Crippen LogP contribution in [0.1, 0.15) is 27.7 Å². The summed E-state index contributed by atoms with van der Waals surface area (Å²) in [6.45, 7) is 1.98. The molecule has 4 nitrogen and oxygen atoms in total. The van der Waals surface area contributed by atoms with Gasteiger partial charge in [0.2, 0.25) is 0 Å². The summed E-state index contributed by atoms with van der Waals surface area (Å²) in [6, 6.07) is 18.9. The smallest absolute Gasteiger partial charge is 0.261 e. The molecule has 0 aliphatic carbocycles. The van der Waals surface area contributed by atoms with Gasteiger partial charge in [-0.3, -0.25) is 9.69 Å². The summed E-state index contributed by atoms with van der Waals surface area (Å²) in [5.41, 5.74) is 3.41. The van der Waals surface area contributed by atoms with Crippen LogP contribution in [0.25, 0.3) is 0 Å². The number of aromatic nitrogens is 1. The van der Waals surface area contributed by atoms with E-state index in [1.54, 1.807) is 11.1 Å². The highest BCUT2D eigenvalue weighted by atomic mass is 35.5. The van der Waals surface area contributed by atoms with Crippen LogP contribution < -0.4 is 10.2 Å². The molecule has 1 aliphatic rings. The number of rotatable bonds is 3. The second-order valence-corrected chi connectivity index (χ2v) is 6.39. The maximum Gasteiger partial charge on any atom is 0.261 e. The molecule has 4 rings (SSSR count). The molecule has 5 heteroatoms. The van der Waals surface area contributed by atoms with Gasteiger partial charge in [-0.15, -0.1) is 0 Å². The Kier molecular flexibility index (Phi) is 3.90. The summed E-state index contributed by atoms with van der Waals surface area (Å²) in [6.07, 6.45) is 1.35. The summed E-state index contributed by atoms with van der Waals surface area (Å²) >= 11 is 6.30. The maximum absolute atomic E-state index is 13.0. The van der Waals surface area contributed by atoms with Crippen molar-refractivity contribution in [2.45, 2.75) is 13.1 Å². The number of para-hydroxylation sites is 1. The molecule has 0 saturated heterocycles. The molecule has 2 heterocycles. The molecule has 25 heavy (non-hydrogen) atoms. The van der Waals surface area contributed by atoms with Crippen LogP contribution >= 0.6 is 11.6 Å². The predicted octanol–water partition coefficient (Wildman–Crippen LogP) is 4.81. The second-order valence-electron chi connectivity index (χ2n) is 5.98. The third kappa shape index (κ3) is 2.75. The monoisotopic (exact) mass is 349 g/mol. The average molecular weight is 350 g/mol. The van der Waals surface area contributed by atoms with Crippen molar-refractivity contribution in [2.24, 2.45) is 0 Å². The summed E-state index contributed by atoms with van der Waals surface area (Å²) in [4.78, 5) is 19.1. The van der Waals surface area contributed by atoms with Crippen molar-refractivity contribution < 1.29 is 4.79 Å². The molecular formula is C20H16ClN3O. The maximum atomic E-state index is 13.0. The van der Waals surface area contributed by atoms with Gasteiger partial charge in [-0.2, -0.15) is 0 Å². The molecule has 0 bridgehead atoms. The number of carbonyl (C=O) groups is 1. The van der Waals surface area contributed by atoms with Crippen molar-refractivity contribution in [3.8, 4) is 0 Å². The van der Waals surface area contributed by atoms with Gasteiger partial charge in [0.1, 0.15) is 12.0 Å². The van der Waals surface area contributed by atoms with Crippen molar-refractivity contribution in [2.75, 3.05) is 10.2 Å². The van der Waals surface area contributed by atoms with Crippen molar-refractivity contribution in [3.63, 3.8) is 0 Å². The fraction of sp³-hybridized carbons (Fsp3) is 0.100. The average Bonchev–Trinajstić information content (AvgIpc) is 2.90. The van der Waals surface area contributed by atoms with Gasteiger partial charge in [-0.05, 0) is 42.8 Å². The molecule has 1 aromatic heterocycles. The van der Waals surface area contributed by atoms with E-state index in [4.69, 9.17) is 11.6 Å². The van der Waals surface area contributed by atoms with E-state index in [-0.39, 0.29) is 12.1 Å². The number of carbonyl (C=O) groups excluding carboxylic acids is 1. The number of pyridine rings is 1. The van der Waals surface area contributed by atoms with Gasteiger partial charge in [0.25, 0.3) is 5.91 Å². The molecule has 0 saturated carbocycles. The van der Waals surface area contributed by atoms with Crippen LogP contribution in [0.15, 0.2) is 66.9 Å². The number of aryl methyl sites for hydroxylation is 1. The summed E-state index contributed by atoms with van der Waals surface area (Å²) in [7, 11) is 0. The molecule has 124 valence electrons. The lowest BCUT2D eigenvalue weighted by atomic mass is 10.1. The van der Waals surface area contributed by atoms with E-state index in [2.05, 4.69) is 10.3 Å². The molecule has 0 spiro atoms. The number of nitrogens with one attached hydrogen (secondary N) is 1. The standard InChI is InChI=1S/C20H16ClN3O/c1-13-10-11-22-18(12-13)24-19(23-17-9-5-4-8-16(17)21)14-6-2-3-7-15(14)20(24)25/h2-12,19,23H,1H3/t19-/m1/s1. The Hall–Kier alpha value is -2.85. The number of nitrogens with zero attached hydrogens (tertiary/aromatic N) is 2. The molecule has 2 aromatic carbocycles. The number of anilines is 2. The number of hydrogen-bond acceptors (Lipinski definition) is 3. The third-order valence-electron chi connectivity index (χ3n) is 4.28. The van der Waals surface area contributed by atoms with E-state index in [0.29, 0.717) is 16.4 Å². The largest absolute Gasteiger partial charge is 0.360 e. The molecule has 0 unspecified atom stereocenters. The van der Waals surface area contributed by atoms with Gasteiger partial charge in [-0.25, -0.2) is 4.98 Å². The minimum absolute atomic E-state index is 0.0711. The zero-order valence-corrected chi connectivity index (χ0v) is 14.4. The highest BCUT2D eigenvalue weighted by Gasteiger charge is 2.38. The van der Waals surface area contributed by atoms with Crippen LogP contribution in [-0.2, 0) is 0 Å². The van der Waals surface area contributed by atoms with Gasteiger partial charge < -0.3 is 5.32 Å². The summed E-state index contributed by atoms with van der Waals surface area (Å²) in [5.74, 6) is 0.545.